The Labute approximate surface area is 459 Å². The number of para-hydroxylation sites is 3. The van der Waals surface area contributed by atoms with Gasteiger partial charge in [-0.3, -0.25) is 4.57 Å². The van der Waals surface area contributed by atoms with E-state index in [9.17, 15) is 0 Å². The van der Waals surface area contributed by atoms with Crippen LogP contribution in [0.3, 0.4) is 0 Å². The van der Waals surface area contributed by atoms with Crippen molar-refractivity contribution in [1.29, 1.82) is 0 Å². The van der Waals surface area contributed by atoms with Gasteiger partial charge < -0.3 is 19.1 Å². The highest BCUT2D eigenvalue weighted by Gasteiger charge is 2.57. The first-order valence-corrected chi connectivity index (χ1v) is 27.9. The maximum atomic E-state index is 7.22. The molecule has 0 amide bonds. The zero-order valence-electron chi connectivity index (χ0n) is 47.5. The Kier molecular flexibility index (Phi) is 10.1. The Hall–Kier alpha value is -8.09. The topological polar surface area (TPSA) is 38.5 Å². The number of benzene rings is 8. The molecule has 0 atom stereocenters. The molecule has 11 aromatic rings. The van der Waals surface area contributed by atoms with Crippen molar-refractivity contribution in [1.82, 2.24) is 14.1 Å². The van der Waals surface area contributed by atoms with E-state index in [1.54, 1.807) is 0 Å². The molecule has 0 N–H and O–H groups in total. The van der Waals surface area contributed by atoms with Gasteiger partial charge in [-0.05, 0) is 138 Å². The van der Waals surface area contributed by atoms with Crippen molar-refractivity contribution in [3.63, 3.8) is 0 Å². The zero-order valence-corrected chi connectivity index (χ0v) is 47.5. The lowest BCUT2D eigenvalue weighted by molar-refractivity contribution is 0.482. The van der Waals surface area contributed by atoms with Gasteiger partial charge in [0.1, 0.15) is 17.3 Å². The summed E-state index contributed by atoms with van der Waals surface area (Å²) in [6.45, 7) is 29.5. The van der Waals surface area contributed by atoms with Gasteiger partial charge >= 0.3 is 0 Å². The van der Waals surface area contributed by atoms with Crippen LogP contribution in [-0.2, 0) is 27.1 Å². The minimum atomic E-state index is -0.635. The molecule has 0 fully saturated rings. The van der Waals surface area contributed by atoms with Gasteiger partial charge in [-0.15, -0.1) is 0 Å². The maximum absolute atomic E-state index is 7.22. The van der Waals surface area contributed by atoms with Crippen molar-refractivity contribution in [3.8, 4) is 34.1 Å². The van der Waals surface area contributed by atoms with Crippen molar-refractivity contribution < 1.29 is 4.74 Å². The van der Waals surface area contributed by atoms with E-state index in [4.69, 9.17) is 9.72 Å². The first kappa shape index (κ1) is 48.3. The van der Waals surface area contributed by atoms with Crippen molar-refractivity contribution in [3.05, 3.63) is 214 Å². The van der Waals surface area contributed by atoms with Gasteiger partial charge in [0.05, 0.1) is 51.2 Å². The Morgan fingerprint density at radius 3 is 1.59 bits per heavy atom. The van der Waals surface area contributed by atoms with Gasteiger partial charge in [-0.2, -0.15) is 0 Å². The average molecular weight is 1020 g/mol. The number of ether oxygens (including phenoxy) is 1. The van der Waals surface area contributed by atoms with E-state index in [0.29, 0.717) is 0 Å². The third-order valence-corrected chi connectivity index (χ3v) is 17.5. The van der Waals surface area contributed by atoms with Gasteiger partial charge in [0.15, 0.2) is 0 Å². The summed E-state index contributed by atoms with van der Waals surface area (Å²) in [5, 5.41) is 4.78. The van der Waals surface area contributed by atoms with Crippen molar-refractivity contribution in [2.45, 2.75) is 110 Å². The molecule has 6 nitrogen and oxygen atoms in total. The molecular formula is C72H69N5O. The monoisotopic (exact) mass is 1020 g/mol. The van der Waals surface area contributed by atoms with Crippen LogP contribution in [0.4, 0.5) is 17.1 Å². The normalized spacial score (nSPS) is 14.7. The highest BCUT2D eigenvalue weighted by Crippen LogP contribution is 2.68. The van der Waals surface area contributed by atoms with Gasteiger partial charge in [0, 0.05) is 52.6 Å². The zero-order chi connectivity index (χ0) is 54.2. The van der Waals surface area contributed by atoms with Crippen LogP contribution in [0.1, 0.15) is 128 Å². The van der Waals surface area contributed by atoms with Gasteiger partial charge in [0.2, 0.25) is 0 Å². The Balaban J connectivity index is 0.994. The van der Waals surface area contributed by atoms with E-state index >= 15 is 0 Å². The molecule has 14 rings (SSSR count). The van der Waals surface area contributed by atoms with E-state index in [-0.39, 0.29) is 21.7 Å². The SMILES string of the molecule is CN1CN2c3cc(Oc4ccc5c6ccc(-n7c8ccccc8c8ccccc87)cc6n(-c6ccccn6)c5c4)ccc3C3(c4cccc1c42)c1c(cc(C(C)(C)C)cc1C(C)(C)C)-c1cc(C(C)(C)C)cc(C(C)(C)C)c13. The fourth-order valence-corrected chi connectivity index (χ4v) is 13.7. The lowest BCUT2D eigenvalue weighted by atomic mass is 9.59. The summed E-state index contributed by atoms with van der Waals surface area (Å²) in [6, 6.07) is 61.3. The molecule has 0 saturated carbocycles. The molecule has 388 valence electrons. The molecule has 1 aliphatic carbocycles. The van der Waals surface area contributed by atoms with Crippen molar-refractivity contribution in [2.75, 3.05) is 23.5 Å². The molecule has 0 unspecified atom stereocenters. The molecule has 1 spiro atoms. The molecule has 78 heavy (non-hydrogen) atoms. The maximum Gasteiger partial charge on any atom is 0.137 e. The second-order valence-electron chi connectivity index (χ2n) is 26.6. The van der Waals surface area contributed by atoms with Crippen molar-refractivity contribution in [2.24, 2.45) is 0 Å². The number of fused-ring (bicyclic) bond motifs is 15. The minimum Gasteiger partial charge on any atom is -0.457 e. The number of aromatic nitrogens is 3. The highest BCUT2D eigenvalue weighted by atomic mass is 16.5. The Morgan fingerprint density at radius 1 is 0.449 bits per heavy atom. The van der Waals surface area contributed by atoms with Gasteiger partial charge in [-0.25, -0.2) is 4.98 Å². The lowest BCUT2D eigenvalue weighted by Crippen LogP contribution is -2.40. The smallest absolute Gasteiger partial charge is 0.137 e. The standard InChI is InChI=1S/C72H69N5O/c1-68(2,3)43-35-52-53-36-44(69(4,5)6)38-57(71(10,11)12)66(53)72(65(52)56(37-43)70(7,8)9)54-33-30-47(41-63(54)75-42-74(13)60-26-20-23-55(72)67(60)75)78-46-29-32-51-50-31-28-45(39-61(50)77(62(51)40-46)64-27-18-19-34-73-64)76-58-24-16-14-21-48(58)49-22-15-17-25-59(49)76/h14-41H,42H2,1-13H3. The molecule has 0 bridgehead atoms. The predicted molar refractivity (Wildman–Crippen MR) is 327 cm³/mol. The number of nitrogens with zero attached hydrogens (tertiary/aromatic N) is 5. The third-order valence-electron chi connectivity index (χ3n) is 17.5. The Bertz CT molecular complexity index is 4200. The third kappa shape index (κ3) is 6.83. The molecule has 0 saturated heterocycles. The highest BCUT2D eigenvalue weighted by molar-refractivity contribution is 6.12. The summed E-state index contributed by atoms with van der Waals surface area (Å²) in [5.74, 6) is 2.41. The second-order valence-corrected chi connectivity index (χ2v) is 26.6. The molecule has 6 heteroatoms. The summed E-state index contributed by atoms with van der Waals surface area (Å²) >= 11 is 0. The summed E-state index contributed by atoms with van der Waals surface area (Å²) in [7, 11) is 2.24. The first-order chi connectivity index (χ1) is 37.1. The number of hydrogen-bond acceptors (Lipinski definition) is 4. The Morgan fingerprint density at radius 2 is 1.00 bits per heavy atom. The summed E-state index contributed by atoms with van der Waals surface area (Å²) in [6.07, 6.45) is 1.88. The number of pyridine rings is 1. The summed E-state index contributed by atoms with van der Waals surface area (Å²) < 4.78 is 11.9. The number of rotatable bonds is 4. The van der Waals surface area contributed by atoms with E-state index in [1.807, 2.05) is 12.3 Å². The molecule has 2 aliphatic heterocycles. The van der Waals surface area contributed by atoms with Crippen LogP contribution >= 0.6 is 0 Å². The van der Waals surface area contributed by atoms with Crippen LogP contribution in [0.25, 0.3) is 66.2 Å². The van der Waals surface area contributed by atoms with Crippen LogP contribution in [0.5, 0.6) is 11.5 Å². The summed E-state index contributed by atoms with van der Waals surface area (Å²) in [4.78, 5) is 9.95. The summed E-state index contributed by atoms with van der Waals surface area (Å²) in [5.41, 5.74) is 21.9. The van der Waals surface area contributed by atoms with E-state index < -0.39 is 5.41 Å². The van der Waals surface area contributed by atoms with Gasteiger partial charge in [-0.1, -0.05) is 174 Å². The predicted octanol–water partition coefficient (Wildman–Crippen LogP) is 18.5. The van der Waals surface area contributed by atoms with Crippen molar-refractivity contribution >= 4 is 60.7 Å². The minimum absolute atomic E-state index is 0.0605. The van der Waals surface area contributed by atoms with Crippen LogP contribution in [-0.4, -0.2) is 27.8 Å². The molecule has 0 radical (unpaired) electrons. The van der Waals surface area contributed by atoms with Crippen LogP contribution < -0.4 is 14.5 Å². The molecule has 8 aromatic carbocycles. The van der Waals surface area contributed by atoms with Crippen LogP contribution in [0, 0.1) is 0 Å². The largest absolute Gasteiger partial charge is 0.457 e. The number of anilines is 3. The molecule has 3 aliphatic rings. The lowest BCUT2D eigenvalue weighted by Gasteiger charge is -2.46. The van der Waals surface area contributed by atoms with Gasteiger partial charge in [0.25, 0.3) is 0 Å². The second kappa shape index (κ2) is 16.2. The molecular weight excluding hydrogens is 951 g/mol. The fourth-order valence-electron chi connectivity index (χ4n) is 13.7. The molecule has 3 aromatic heterocycles. The van der Waals surface area contributed by atoms with E-state index in [1.165, 1.54) is 94.5 Å². The van der Waals surface area contributed by atoms with E-state index in [0.717, 1.165) is 51.5 Å². The van der Waals surface area contributed by atoms with E-state index in [2.05, 4.69) is 267 Å². The average Bonchev–Trinajstić information content (AvgIpc) is 3.74. The molecule has 5 heterocycles. The fraction of sp³-hybridized carbons (Fsp3) is 0.264. The van der Waals surface area contributed by atoms with Crippen LogP contribution in [0.2, 0.25) is 0 Å². The number of hydrogen-bond donors (Lipinski definition) is 0. The quantitative estimate of drug-likeness (QED) is 0.176. The first-order valence-electron chi connectivity index (χ1n) is 27.9. The van der Waals surface area contributed by atoms with Crippen LogP contribution in [0.15, 0.2) is 170 Å².